The summed E-state index contributed by atoms with van der Waals surface area (Å²) in [6.07, 6.45) is 5.80. The van der Waals surface area contributed by atoms with Crippen LogP contribution >= 0.6 is 11.6 Å². The highest BCUT2D eigenvalue weighted by Crippen LogP contribution is 2.38. The van der Waals surface area contributed by atoms with Crippen LogP contribution in [0.25, 0.3) is 0 Å². The van der Waals surface area contributed by atoms with Crippen LogP contribution in [0.3, 0.4) is 0 Å². The number of hydrogen-bond acceptors (Lipinski definition) is 4. The molecule has 6 heteroatoms. The maximum Gasteiger partial charge on any atom is 0.247 e. The van der Waals surface area contributed by atoms with Gasteiger partial charge in [-0.3, -0.25) is 4.79 Å². The molecule has 96 valence electrons. The van der Waals surface area contributed by atoms with Crippen LogP contribution in [0.1, 0.15) is 32.6 Å². The van der Waals surface area contributed by atoms with E-state index in [1.54, 1.807) is 6.20 Å². The van der Waals surface area contributed by atoms with Gasteiger partial charge < -0.3 is 10.2 Å². The molecule has 1 aliphatic carbocycles. The van der Waals surface area contributed by atoms with Crippen LogP contribution in [0.15, 0.2) is 6.20 Å². The zero-order valence-corrected chi connectivity index (χ0v) is 10.9. The number of nitrogens with zero attached hydrogens (tertiary/aromatic N) is 3. The summed E-state index contributed by atoms with van der Waals surface area (Å²) >= 11 is 5.87. The summed E-state index contributed by atoms with van der Waals surface area (Å²) in [5.74, 6) is 0.800. The highest BCUT2D eigenvalue weighted by molar-refractivity contribution is 6.28. The summed E-state index contributed by atoms with van der Waals surface area (Å²) in [6, 6.07) is 0.263. The zero-order chi connectivity index (χ0) is 12.7. The standard InChI is InChI=1S/C12H15ClN4O/c1-2-9-11(18)15-8-6-14-12(13)16-10(8)17(9)7-4-3-5-7/h6-7,9H,2-5H2,1H3,(H,15,18). The first kappa shape index (κ1) is 11.7. The number of halogens is 1. The van der Waals surface area contributed by atoms with E-state index in [1.807, 2.05) is 6.92 Å². The Kier molecular flexibility index (Phi) is 2.86. The Morgan fingerprint density at radius 2 is 2.33 bits per heavy atom. The molecule has 1 amide bonds. The second-order valence-corrected chi connectivity index (χ2v) is 5.12. The summed E-state index contributed by atoms with van der Waals surface area (Å²) in [5.41, 5.74) is 0.668. The molecular formula is C12H15ClN4O. The lowest BCUT2D eigenvalue weighted by atomic mass is 9.89. The Morgan fingerprint density at radius 1 is 1.56 bits per heavy atom. The molecule has 1 unspecified atom stereocenters. The molecule has 1 aromatic heterocycles. The third-order valence-electron chi connectivity index (χ3n) is 3.73. The molecule has 0 radical (unpaired) electrons. The van der Waals surface area contributed by atoms with Gasteiger partial charge in [-0.1, -0.05) is 6.92 Å². The number of aromatic nitrogens is 2. The van der Waals surface area contributed by atoms with Gasteiger partial charge in [0.15, 0.2) is 5.82 Å². The van der Waals surface area contributed by atoms with Gasteiger partial charge in [-0.15, -0.1) is 0 Å². The molecular weight excluding hydrogens is 252 g/mol. The van der Waals surface area contributed by atoms with Crippen molar-refractivity contribution in [1.29, 1.82) is 0 Å². The van der Waals surface area contributed by atoms with Crippen LogP contribution in [0, 0.1) is 0 Å². The van der Waals surface area contributed by atoms with E-state index >= 15 is 0 Å². The van der Waals surface area contributed by atoms with Crippen molar-refractivity contribution in [2.24, 2.45) is 0 Å². The number of amides is 1. The van der Waals surface area contributed by atoms with E-state index in [1.165, 1.54) is 6.42 Å². The smallest absolute Gasteiger partial charge is 0.247 e. The Morgan fingerprint density at radius 3 is 2.94 bits per heavy atom. The van der Waals surface area contributed by atoms with E-state index in [-0.39, 0.29) is 17.2 Å². The molecule has 1 aliphatic heterocycles. The molecule has 0 saturated heterocycles. The molecule has 1 saturated carbocycles. The van der Waals surface area contributed by atoms with Crippen LogP contribution in [0.4, 0.5) is 11.5 Å². The van der Waals surface area contributed by atoms with Gasteiger partial charge in [0.2, 0.25) is 11.2 Å². The summed E-state index contributed by atoms with van der Waals surface area (Å²) in [4.78, 5) is 22.4. The summed E-state index contributed by atoms with van der Waals surface area (Å²) in [7, 11) is 0. The topological polar surface area (TPSA) is 58.1 Å². The highest BCUT2D eigenvalue weighted by atomic mass is 35.5. The number of rotatable bonds is 2. The van der Waals surface area contributed by atoms with Crippen molar-refractivity contribution >= 4 is 29.0 Å². The van der Waals surface area contributed by atoms with Crippen LogP contribution in [0.5, 0.6) is 0 Å². The van der Waals surface area contributed by atoms with E-state index in [2.05, 4.69) is 20.2 Å². The third kappa shape index (κ3) is 1.73. The Bertz CT molecular complexity index is 489. The Hall–Kier alpha value is -1.36. The fourth-order valence-electron chi connectivity index (χ4n) is 2.60. The predicted molar refractivity (Wildman–Crippen MR) is 69.9 cm³/mol. The number of hydrogen-bond donors (Lipinski definition) is 1. The van der Waals surface area contributed by atoms with Crippen molar-refractivity contribution < 1.29 is 4.79 Å². The van der Waals surface area contributed by atoms with Gasteiger partial charge in [0.05, 0.1) is 6.20 Å². The minimum absolute atomic E-state index is 0.0304. The van der Waals surface area contributed by atoms with Crippen LogP contribution in [-0.2, 0) is 4.79 Å². The molecule has 1 atom stereocenters. The number of anilines is 2. The lowest BCUT2D eigenvalue weighted by Gasteiger charge is -2.45. The second kappa shape index (κ2) is 4.39. The van der Waals surface area contributed by atoms with Gasteiger partial charge >= 0.3 is 0 Å². The maximum absolute atomic E-state index is 12.1. The molecule has 3 rings (SSSR count). The van der Waals surface area contributed by atoms with E-state index in [4.69, 9.17) is 11.6 Å². The van der Waals surface area contributed by atoms with E-state index in [0.29, 0.717) is 11.7 Å². The molecule has 1 N–H and O–H groups in total. The first-order valence-corrected chi connectivity index (χ1v) is 6.70. The molecule has 0 bridgehead atoms. The van der Waals surface area contributed by atoms with Crippen LogP contribution in [-0.4, -0.2) is 28.0 Å². The zero-order valence-electron chi connectivity index (χ0n) is 10.2. The van der Waals surface area contributed by atoms with Gasteiger partial charge in [-0.25, -0.2) is 4.98 Å². The van der Waals surface area contributed by atoms with E-state index in [9.17, 15) is 4.79 Å². The maximum atomic E-state index is 12.1. The first-order chi connectivity index (χ1) is 8.70. The third-order valence-corrected chi connectivity index (χ3v) is 3.92. The molecule has 1 fully saturated rings. The van der Waals surface area contributed by atoms with Crippen molar-refractivity contribution in [1.82, 2.24) is 9.97 Å². The number of carbonyl (C=O) groups excluding carboxylic acids is 1. The Labute approximate surface area is 111 Å². The minimum atomic E-state index is -0.145. The fourth-order valence-corrected chi connectivity index (χ4v) is 2.73. The second-order valence-electron chi connectivity index (χ2n) is 4.78. The summed E-state index contributed by atoms with van der Waals surface area (Å²) in [5, 5.41) is 3.08. The summed E-state index contributed by atoms with van der Waals surface area (Å²) < 4.78 is 0. The quantitative estimate of drug-likeness (QED) is 0.834. The van der Waals surface area contributed by atoms with Gasteiger partial charge in [0.25, 0.3) is 0 Å². The van der Waals surface area contributed by atoms with Crippen molar-refractivity contribution in [3.63, 3.8) is 0 Å². The summed E-state index contributed by atoms with van der Waals surface area (Å²) in [6.45, 7) is 2.02. The number of fused-ring (bicyclic) bond motifs is 1. The van der Waals surface area contributed by atoms with E-state index in [0.717, 1.165) is 25.1 Å². The predicted octanol–water partition coefficient (Wildman–Crippen LogP) is 2.22. The minimum Gasteiger partial charge on any atom is -0.340 e. The van der Waals surface area contributed by atoms with Gasteiger partial charge in [-0.05, 0) is 37.3 Å². The SMILES string of the molecule is CCC1C(=O)Nc2cnc(Cl)nc2N1C1CCC1. The monoisotopic (exact) mass is 266 g/mol. The highest BCUT2D eigenvalue weighted by Gasteiger charge is 2.39. The molecule has 0 spiro atoms. The van der Waals surface area contributed by atoms with E-state index < -0.39 is 0 Å². The van der Waals surface area contributed by atoms with Crippen molar-refractivity contribution in [3.05, 3.63) is 11.5 Å². The van der Waals surface area contributed by atoms with Crippen LogP contribution < -0.4 is 10.2 Å². The van der Waals surface area contributed by atoms with Gasteiger partial charge in [0, 0.05) is 6.04 Å². The lowest BCUT2D eigenvalue weighted by Crippen LogP contribution is -2.55. The molecule has 2 aliphatic rings. The lowest BCUT2D eigenvalue weighted by molar-refractivity contribution is -0.118. The van der Waals surface area contributed by atoms with Crippen LogP contribution in [0.2, 0.25) is 5.28 Å². The number of nitrogens with one attached hydrogen (secondary N) is 1. The largest absolute Gasteiger partial charge is 0.340 e. The average Bonchev–Trinajstić information content (AvgIpc) is 2.28. The Balaban J connectivity index is 2.06. The molecule has 1 aromatic rings. The molecule has 5 nitrogen and oxygen atoms in total. The number of carbonyl (C=O) groups is 1. The normalized spacial score (nSPS) is 23.3. The molecule has 18 heavy (non-hydrogen) atoms. The van der Waals surface area contributed by atoms with Crippen molar-refractivity contribution in [2.75, 3.05) is 10.2 Å². The fraction of sp³-hybridized carbons (Fsp3) is 0.583. The average molecular weight is 267 g/mol. The molecule has 0 aromatic carbocycles. The van der Waals surface area contributed by atoms with Crippen molar-refractivity contribution in [2.45, 2.75) is 44.7 Å². The van der Waals surface area contributed by atoms with Crippen molar-refractivity contribution in [3.8, 4) is 0 Å². The van der Waals surface area contributed by atoms with Gasteiger partial charge in [0.1, 0.15) is 11.7 Å². The molecule has 2 heterocycles. The first-order valence-electron chi connectivity index (χ1n) is 6.32. The van der Waals surface area contributed by atoms with Gasteiger partial charge in [-0.2, -0.15) is 4.98 Å².